The van der Waals surface area contributed by atoms with Crippen LogP contribution in [-0.4, -0.2) is 24.4 Å². The van der Waals surface area contributed by atoms with Crippen molar-refractivity contribution < 1.29 is 19.2 Å². The average Bonchev–Trinajstić information content (AvgIpc) is 2.44. The minimum absolute atomic E-state index is 0.138. The Labute approximate surface area is 109 Å². The van der Waals surface area contributed by atoms with Crippen LogP contribution in [0.1, 0.15) is 22.8 Å². The summed E-state index contributed by atoms with van der Waals surface area (Å²) < 4.78 is 4.55. The molecule has 0 aliphatic carbocycles. The Morgan fingerprint density at radius 1 is 1.37 bits per heavy atom. The average molecular weight is 261 g/mol. The van der Waals surface area contributed by atoms with Gasteiger partial charge in [0.05, 0.1) is 23.8 Å². The molecule has 0 bridgehead atoms. The Kier molecular flexibility index (Phi) is 5.04. The monoisotopic (exact) mass is 261 g/mol. The summed E-state index contributed by atoms with van der Waals surface area (Å²) in [6.45, 7) is 1.74. The summed E-state index contributed by atoms with van der Waals surface area (Å²) >= 11 is 0. The molecule has 0 amide bonds. The molecule has 7 nitrogen and oxygen atoms in total. The van der Waals surface area contributed by atoms with Gasteiger partial charge in [-0.15, -0.1) is 0 Å². The number of amidine groups is 1. The van der Waals surface area contributed by atoms with Gasteiger partial charge < -0.3 is 15.3 Å². The van der Waals surface area contributed by atoms with Crippen molar-refractivity contribution in [3.63, 3.8) is 0 Å². The molecule has 7 heteroatoms. The normalized spacial score (nSPS) is 10.4. The maximum atomic E-state index is 11.5. The van der Waals surface area contributed by atoms with Crippen LogP contribution in [-0.2, 0) is 14.4 Å². The van der Waals surface area contributed by atoms with Crippen LogP contribution in [0.5, 0.6) is 0 Å². The fraction of sp³-hybridized carbons (Fsp3) is 0.167. The molecule has 0 aromatic heterocycles. The zero-order chi connectivity index (χ0) is 14.3. The molecule has 0 radical (unpaired) electrons. The summed E-state index contributed by atoms with van der Waals surface area (Å²) in [5.74, 6) is -2.21. The number of nitrogens with zero attached hydrogens (tertiary/aromatic N) is 2. The van der Waals surface area contributed by atoms with E-state index in [1.807, 2.05) is 6.07 Å². The lowest BCUT2D eigenvalue weighted by atomic mass is 10.1. The summed E-state index contributed by atoms with van der Waals surface area (Å²) in [6.07, 6.45) is 0. The number of benzene rings is 1. The number of ether oxygens (including phenoxy) is 1. The number of carbonyl (C=O) groups excluding carboxylic acids is 2. The first-order valence-electron chi connectivity index (χ1n) is 5.30. The molecule has 0 aliphatic heterocycles. The molecular weight excluding hydrogens is 250 g/mol. The highest BCUT2D eigenvalue weighted by molar-refractivity contribution is 6.34. The molecule has 1 rings (SSSR count). The largest absolute Gasteiger partial charge is 0.460 e. The van der Waals surface area contributed by atoms with Crippen LogP contribution in [0.2, 0.25) is 0 Å². The maximum absolute atomic E-state index is 11.5. The predicted octanol–water partition coefficient (Wildman–Crippen LogP) is 0.550. The van der Waals surface area contributed by atoms with E-state index in [0.29, 0.717) is 5.56 Å². The second-order valence-electron chi connectivity index (χ2n) is 3.26. The summed E-state index contributed by atoms with van der Waals surface area (Å²) in [7, 11) is 0. The minimum atomic E-state index is -0.866. The molecule has 0 heterocycles. The number of hydrogen-bond donors (Lipinski definition) is 1. The van der Waals surface area contributed by atoms with Gasteiger partial charge in [-0.25, -0.2) is 9.59 Å². The molecule has 19 heavy (non-hydrogen) atoms. The number of hydrogen-bond acceptors (Lipinski definition) is 6. The van der Waals surface area contributed by atoms with Gasteiger partial charge >= 0.3 is 11.9 Å². The molecule has 0 saturated heterocycles. The Hall–Kier alpha value is -2.88. The Balaban J connectivity index is 2.67. The van der Waals surface area contributed by atoms with E-state index in [9.17, 15) is 9.59 Å². The van der Waals surface area contributed by atoms with Crippen LogP contribution in [0.4, 0.5) is 0 Å². The lowest BCUT2D eigenvalue weighted by molar-refractivity contribution is -0.135. The van der Waals surface area contributed by atoms with Crippen LogP contribution < -0.4 is 5.73 Å². The van der Waals surface area contributed by atoms with Crippen LogP contribution in [0.25, 0.3) is 0 Å². The molecule has 2 N–H and O–H groups in total. The lowest BCUT2D eigenvalue weighted by Gasteiger charge is -2.01. The van der Waals surface area contributed by atoms with Crippen molar-refractivity contribution in [2.24, 2.45) is 10.9 Å². The van der Waals surface area contributed by atoms with E-state index in [0.717, 1.165) is 0 Å². The first-order valence-corrected chi connectivity index (χ1v) is 5.30. The van der Waals surface area contributed by atoms with Crippen molar-refractivity contribution in [2.45, 2.75) is 6.92 Å². The van der Waals surface area contributed by atoms with Crippen molar-refractivity contribution in [1.82, 2.24) is 0 Å². The highest BCUT2D eigenvalue weighted by atomic mass is 16.7. The minimum Gasteiger partial charge on any atom is -0.460 e. The molecular formula is C12H11N3O4. The first kappa shape index (κ1) is 14.2. The molecule has 0 aliphatic rings. The van der Waals surface area contributed by atoms with E-state index < -0.39 is 17.8 Å². The smallest absolute Gasteiger partial charge is 0.377 e. The second kappa shape index (κ2) is 6.76. The first-order chi connectivity index (χ1) is 9.08. The SMILES string of the molecule is CCOC(=O)/C(N)=N/OC(=O)c1ccc(C#N)cc1. The van der Waals surface area contributed by atoms with Gasteiger partial charge in [-0.05, 0) is 36.3 Å². The van der Waals surface area contributed by atoms with E-state index >= 15 is 0 Å². The summed E-state index contributed by atoms with van der Waals surface area (Å²) in [5.41, 5.74) is 5.82. The quantitative estimate of drug-likeness (QED) is 0.279. The third kappa shape index (κ3) is 4.12. The highest BCUT2D eigenvalue weighted by Gasteiger charge is 2.11. The zero-order valence-electron chi connectivity index (χ0n) is 10.1. The van der Waals surface area contributed by atoms with E-state index in [2.05, 4.69) is 14.7 Å². The van der Waals surface area contributed by atoms with E-state index in [1.165, 1.54) is 24.3 Å². The zero-order valence-corrected chi connectivity index (χ0v) is 10.1. The second-order valence-corrected chi connectivity index (χ2v) is 3.26. The maximum Gasteiger partial charge on any atom is 0.377 e. The van der Waals surface area contributed by atoms with Gasteiger partial charge in [0.15, 0.2) is 0 Å². The predicted molar refractivity (Wildman–Crippen MR) is 64.8 cm³/mol. The van der Waals surface area contributed by atoms with Gasteiger partial charge in [0, 0.05) is 0 Å². The molecule has 0 unspecified atom stereocenters. The van der Waals surface area contributed by atoms with Gasteiger partial charge in [0.25, 0.3) is 0 Å². The number of nitrogens with two attached hydrogens (primary N) is 1. The topological polar surface area (TPSA) is 115 Å². The summed E-state index contributed by atoms with van der Waals surface area (Å²) in [4.78, 5) is 27.1. The number of carbonyl (C=O) groups is 2. The molecule has 0 atom stereocenters. The van der Waals surface area contributed by atoms with Gasteiger partial charge in [0.2, 0.25) is 5.84 Å². The third-order valence-electron chi connectivity index (χ3n) is 1.96. The standard InChI is InChI=1S/C12H11N3O4/c1-2-18-12(17)10(14)15-19-11(16)9-5-3-8(7-13)4-6-9/h3-6H,2H2,1H3,(H2,14,15). The molecule has 0 spiro atoms. The number of esters is 1. The van der Waals surface area contributed by atoms with Crippen LogP contribution >= 0.6 is 0 Å². The molecule has 98 valence electrons. The Morgan fingerprint density at radius 2 is 2.00 bits per heavy atom. The van der Waals surface area contributed by atoms with Crippen LogP contribution in [0.15, 0.2) is 29.4 Å². The number of rotatable bonds is 3. The number of nitriles is 1. The third-order valence-corrected chi connectivity index (χ3v) is 1.96. The molecule has 0 fully saturated rings. The lowest BCUT2D eigenvalue weighted by Crippen LogP contribution is -2.26. The van der Waals surface area contributed by atoms with Crippen LogP contribution in [0, 0.1) is 11.3 Å². The Bertz CT molecular complexity index is 543. The van der Waals surface area contributed by atoms with E-state index in [4.69, 9.17) is 11.0 Å². The van der Waals surface area contributed by atoms with Gasteiger partial charge in [-0.2, -0.15) is 5.26 Å². The van der Waals surface area contributed by atoms with Crippen molar-refractivity contribution in [2.75, 3.05) is 6.61 Å². The van der Waals surface area contributed by atoms with Crippen molar-refractivity contribution >= 4 is 17.8 Å². The highest BCUT2D eigenvalue weighted by Crippen LogP contribution is 2.05. The Morgan fingerprint density at radius 3 is 2.53 bits per heavy atom. The summed E-state index contributed by atoms with van der Waals surface area (Å²) in [6, 6.07) is 7.62. The van der Waals surface area contributed by atoms with E-state index in [1.54, 1.807) is 6.92 Å². The molecule has 0 saturated carbocycles. The van der Waals surface area contributed by atoms with Gasteiger partial charge in [0.1, 0.15) is 0 Å². The van der Waals surface area contributed by atoms with Crippen molar-refractivity contribution in [3.05, 3.63) is 35.4 Å². The summed E-state index contributed by atoms with van der Waals surface area (Å²) in [5, 5.41) is 11.8. The van der Waals surface area contributed by atoms with Gasteiger partial charge in [-0.3, -0.25) is 0 Å². The van der Waals surface area contributed by atoms with Crippen molar-refractivity contribution in [3.8, 4) is 6.07 Å². The number of oxime groups is 1. The molecule has 1 aromatic carbocycles. The molecule has 1 aromatic rings. The fourth-order valence-corrected chi connectivity index (χ4v) is 1.07. The van der Waals surface area contributed by atoms with E-state index in [-0.39, 0.29) is 12.2 Å². The van der Waals surface area contributed by atoms with Crippen LogP contribution in [0.3, 0.4) is 0 Å². The van der Waals surface area contributed by atoms with Gasteiger partial charge in [-0.1, -0.05) is 0 Å². The van der Waals surface area contributed by atoms with Crippen molar-refractivity contribution in [1.29, 1.82) is 5.26 Å². The fourth-order valence-electron chi connectivity index (χ4n) is 1.07.